The fourth-order valence-corrected chi connectivity index (χ4v) is 4.26. The molecule has 0 saturated heterocycles. The van der Waals surface area contributed by atoms with Crippen LogP contribution in [0.5, 0.6) is 0 Å². The number of hydrogen-bond donors (Lipinski definition) is 0. The second kappa shape index (κ2) is 6.81. The van der Waals surface area contributed by atoms with Gasteiger partial charge in [0.25, 0.3) is 0 Å². The minimum atomic E-state index is -4.35. The van der Waals surface area contributed by atoms with E-state index in [1.165, 1.54) is 38.2 Å². The molecule has 0 saturated carbocycles. The van der Waals surface area contributed by atoms with Gasteiger partial charge in [-0.3, -0.25) is 19.6 Å². The highest BCUT2D eigenvalue weighted by Crippen LogP contribution is 2.37. The second-order valence-corrected chi connectivity index (χ2v) is 7.57. The molecule has 25 heavy (non-hydrogen) atoms. The smallest absolute Gasteiger partial charge is 0.330 e. The van der Waals surface area contributed by atoms with Crippen LogP contribution in [0.4, 0.5) is 5.69 Å². The summed E-state index contributed by atoms with van der Waals surface area (Å²) in [6, 6.07) is 5.10. The zero-order chi connectivity index (χ0) is 18.9. The summed E-state index contributed by atoms with van der Waals surface area (Å²) in [5.41, 5.74) is -0.928. The monoisotopic (exact) mass is 387 g/mol. The number of carbonyl (C=O) groups excluding carboxylic acids is 1. The number of aryl methyl sites for hydroxylation is 2. The highest BCUT2D eigenvalue weighted by molar-refractivity contribution is 7.92. The van der Waals surface area contributed by atoms with E-state index < -0.39 is 31.7 Å². The lowest BCUT2D eigenvalue weighted by Gasteiger charge is -2.15. The summed E-state index contributed by atoms with van der Waals surface area (Å²) in [7, 11) is -2.02. The van der Waals surface area contributed by atoms with Gasteiger partial charge in [-0.15, -0.1) is 0 Å². The van der Waals surface area contributed by atoms with Gasteiger partial charge in [-0.1, -0.05) is 11.6 Å². The van der Waals surface area contributed by atoms with Gasteiger partial charge < -0.3 is 4.74 Å². The first kappa shape index (κ1) is 18.9. The molecule has 1 aromatic heterocycles. The Morgan fingerprint density at radius 3 is 2.40 bits per heavy atom. The molecule has 134 valence electrons. The Bertz CT molecular complexity index is 936. The topological polar surface area (TPSA) is 121 Å². The average molecular weight is 388 g/mol. The molecule has 0 bridgehead atoms. The van der Waals surface area contributed by atoms with Gasteiger partial charge >= 0.3 is 11.7 Å². The Kier molecular flexibility index (Phi) is 5.14. The van der Waals surface area contributed by atoms with Crippen molar-refractivity contribution in [2.45, 2.75) is 17.1 Å². The molecule has 0 spiro atoms. The third-order valence-corrected chi connectivity index (χ3v) is 5.75. The summed E-state index contributed by atoms with van der Waals surface area (Å²) in [5, 5.41) is 13.6. The average Bonchev–Trinajstić information content (AvgIpc) is 2.82. The van der Waals surface area contributed by atoms with Crippen LogP contribution in [0.3, 0.4) is 0 Å². The maximum atomic E-state index is 13.0. The summed E-state index contributed by atoms with van der Waals surface area (Å²) in [5.74, 6) is -1.15. The standard InChI is InChI=1S/C14H14ClN3O6S/c1-8-11(18(20)21)12(17(2)16-8)13(14(19)24-3)25(22,23)10-6-4-9(15)5-7-10/h4-7,13H,1-3H3. The summed E-state index contributed by atoms with van der Waals surface area (Å²) < 4.78 is 31.5. The maximum absolute atomic E-state index is 13.0. The number of nitro groups is 1. The van der Waals surface area contributed by atoms with Gasteiger partial charge in [-0.2, -0.15) is 5.10 Å². The molecular formula is C14H14ClN3O6S. The quantitative estimate of drug-likeness (QED) is 0.436. The molecule has 1 atom stereocenters. The van der Waals surface area contributed by atoms with Crippen molar-refractivity contribution >= 4 is 33.1 Å². The van der Waals surface area contributed by atoms with Gasteiger partial charge in [0.05, 0.1) is 16.9 Å². The van der Waals surface area contributed by atoms with E-state index in [1.807, 2.05) is 0 Å². The van der Waals surface area contributed by atoms with Crippen molar-refractivity contribution in [3.63, 3.8) is 0 Å². The van der Waals surface area contributed by atoms with Crippen molar-refractivity contribution in [1.29, 1.82) is 0 Å². The lowest BCUT2D eigenvalue weighted by Crippen LogP contribution is -2.26. The molecule has 0 radical (unpaired) electrons. The summed E-state index contributed by atoms with van der Waals surface area (Å²) in [6.07, 6.45) is 0. The zero-order valence-electron chi connectivity index (χ0n) is 13.5. The van der Waals surface area contributed by atoms with E-state index in [2.05, 4.69) is 9.84 Å². The van der Waals surface area contributed by atoms with Gasteiger partial charge in [0.1, 0.15) is 11.4 Å². The molecule has 1 heterocycles. The maximum Gasteiger partial charge on any atom is 0.330 e. The lowest BCUT2D eigenvalue weighted by atomic mass is 10.2. The Morgan fingerprint density at radius 1 is 1.36 bits per heavy atom. The highest BCUT2D eigenvalue weighted by atomic mass is 35.5. The molecule has 1 unspecified atom stereocenters. The summed E-state index contributed by atoms with van der Waals surface area (Å²) in [6.45, 7) is 1.35. The van der Waals surface area contributed by atoms with Crippen LogP contribution >= 0.6 is 11.6 Å². The van der Waals surface area contributed by atoms with E-state index in [0.717, 1.165) is 11.8 Å². The number of benzene rings is 1. The van der Waals surface area contributed by atoms with E-state index in [9.17, 15) is 23.3 Å². The van der Waals surface area contributed by atoms with Gasteiger partial charge in [0, 0.05) is 12.1 Å². The largest absolute Gasteiger partial charge is 0.468 e. The Balaban J connectivity index is 2.77. The summed E-state index contributed by atoms with van der Waals surface area (Å²) in [4.78, 5) is 22.6. The molecule has 2 aromatic rings. The van der Waals surface area contributed by atoms with Crippen LogP contribution in [0.25, 0.3) is 0 Å². The molecule has 1 aromatic carbocycles. The molecule has 0 aliphatic carbocycles. The van der Waals surface area contributed by atoms with Crippen molar-refractivity contribution in [1.82, 2.24) is 9.78 Å². The molecule has 0 N–H and O–H groups in total. The number of sulfone groups is 1. The minimum Gasteiger partial charge on any atom is -0.468 e. The van der Waals surface area contributed by atoms with Crippen LogP contribution in [0.2, 0.25) is 5.02 Å². The van der Waals surface area contributed by atoms with E-state index >= 15 is 0 Å². The molecule has 11 heteroatoms. The first-order valence-electron chi connectivity index (χ1n) is 6.86. The first-order valence-corrected chi connectivity index (χ1v) is 8.78. The zero-order valence-corrected chi connectivity index (χ0v) is 15.0. The number of esters is 1. The molecule has 2 rings (SSSR count). The van der Waals surface area contributed by atoms with Crippen LogP contribution < -0.4 is 0 Å². The van der Waals surface area contributed by atoms with Crippen molar-refractivity contribution in [2.75, 3.05) is 7.11 Å². The molecule has 0 aliphatic rings. The molecule has 9 nitrogen and oxygen atoms in total. The van der Waals surface area contributed by atoms with E-state index in [4.69, 9.17) is 11.6 Å². The number of methoxy groups -OCH3 is 1. The number of halogens is 1. The SMILES string of the molecule is COC(=O)C(c1c([N+](=O)[O-])c(C)nn1C)S(=O)(=O)c1ccc(Cl)cc1. The number of nitrogens with zero attached hydrogens (tertiary/aromatic N) is 3. The number of hydrogen-bond acceptors (Lipinski definition) is 7. The third kappa shape index (κ3) is 3.35. The van der Waals surface area contributed by atoms with Crippen LogP contribution in [0, 0.1) is 17.0 Å². The Labute approximate surface area is 148 Å². The van der Waals surface area contributed by atoms with Crippen molar-refractivity contribution < 1.29 is 22.9 Å². The first-order chi connectivity index (χ1) is 11.6. The predicted octanol–water partition coefficient (Wildman–Crippen LogP) is 1.98. The summed E-state index contributed by atoms with van der Waals surface area (Å²) >= 11 is 5.75. The number of carbonyl (C=O) groups is 1. The van der Waals surface area contributed by atoms with Crippen molar-refractivity contribution in [3.8, 4) is 0 Å². The fourth-order valence-electron chi connectivity index (χ4n) is 2.44. The van der Waals surface area contributed by atoms with Crippen LogP contribution in [-0.2, 0) is 26.4 Å². The van der Waals surface area contributed by atoms with Crippen molar-refractivity contribution in [2.24, 2.45) is 7.05 Å². The second-order valence-electron chi connectivity index (χ2n) is 5.10. The fraction of sp³-hybridized carbons (Fsp3) is 0.286. The van der Waals surface area contributed by atoms with E-state index in [-0.39, 0.29) is 16.3 Å². The predicted molar refractivity (Wildman–Crippen MR) is 88.0 cm³/mol. The lowest BCUT2D eigenvalue weighted by molar-refractivity contribution is -0.386. The van der Waals surface area contributed by atoms with Crippen LogP contribution in [0.1, 0.15) is 16.6 Å². The van der Waals surface area contributed by atoms with Crippen LogP contribution in [-0.4, -0.2) is 36.2 Å². The molecule has 0 fully saturated rings. The van der Waals surface area contributed by atoms with Gasteiger partial charge in [0.15, 0.2) is 9.84 Å². The van der Waals surface area contributed by atoms with Crippen LogP contribution in [0.15, 0.2) is 29.2 Å². The molecule has 0 aliphatic heterocycles. The number of rotatable bonds is 5. The van der Waals surface area contributed by atoms with E-state index in [1.54, 1.807) is 0 Å². The normalized spacial score (nSPS) is 12.6. The van der Waals surface area contributed by atoms with Gasteiger partial charge in [-0.25, -0.2) is 8.42 Å². The minimum absolute atomic E-state index is 0.0114. The van der Waals surface area contributed by atoms with Gasteiger partial charge in [-0.05, 0) is 31.2 Å². The molecule has 0 amide bonds. The number of aromatic nitrogens is 2. The molecular weight excluding hydrogens is 374 g/mol. The third-order valence-electron chi connectivity index (χ3n) is 3.53. The van der Waals surface area contributed by atoms with Gasteiger partial charge in [0.2, 0.25) is 5.25 Å². The number of ether oxygens (including phenoxy) is 1. The highest BCUT2D eigenvalue weighted by Gasteiger charge is 2.44. The van der Waals surface area contributed by atoms with Crippen molar-refractivity contribution in [3.05, 3.63) is 50.8 Å². The Morgan fingerprint density at radius 2 is 1.92 bits per heavy atom. The van der Waals surface area contributed by atoms with E-state index in [0.29, 0.717) is 5.02 Å². The Hall–Kier alpha value is -2.46.